The maximum atomic E-state index is 12.0. The van der Waals surface area contributed by atoms with E-state index in [4.69, 9.17) is 10.5 Å². The van der Waals surface area contributed by atoms with Crippen LogP contribution < -0.4 is 11.1 Å². The third kappa shape index (κ3) is 5.18. The second-order valence-electron chi connectivity index (χ2n) is 4.95. The summed E-state index contributed by atoms with van der Waals surface area (Å²) in [6.07, 6.45) is 0.126. The summed E-state index contributed by atoms with van der Waals surface area (Å²) in [4.78, 5) is 34.1. The maximum absolute atomic E-state index is 12.0. The van der Waals surface area contributed by atoms with Crippen molar-refractivity contribution in [3.63, 3.8) is 0 Å². The fraction of sp³-hybridized carbons (Fsp3) is 0.400. The van der Waals surface area contributed by atoms with Gasteiger partial charge in [0.05, 0.1) is 10.1 Å². The van der Waals surface area contributed by atoms with E-state index in [2.05, 4.69) is 0 Å². The zero-order valence-corrected chi connectivity index (χ0v) is 14.2. The maximum Gasteiger partial charge on any atom is 0.338 e. The highest BCUT2D eigenvalue weighted by molar-refractivity contribution is 8.16. The van der Waals surface area contributed by atoms with Crippen LogP contribution in [0, 0.1) is 0 Å². The predicted molar refractivity (Wildman–Crippen MR) is 91.3 cm³/mol. The highest BCUT2D eigenvalue weighted by Gasteiger charge is 2.21. The van der Waals surface area contributed by atoms with Gasteiger partial charge in [0.2, 0.25) is 0 Å². The Morgan fingerprint density at radius 3 is 2.39 bits per heavy atom. The summed E-state index contributed by atoms with van der Waals surface area (Å²) in [5, 5.41) is 1.87. The normalized spacial score (nSPS) is 16.4. The lowest BCUT2D eigenvalue weighted by atomic mass is 10.1. The minimum atomic E-state index is -1.10. The molecular formula is C15H18N2O4S2. The molecular weight excluding hydrogens is 336 g/mol. The van der Waals surface area contributed by atoms with Crippen LogP contribution in [-0.4, -0.2) is 35.5 Å². The van der Waals surface area contributed by atoms with Crippen LogP contribution in [0.25, 0.3) is 0 Å². The molecule has 0 saturated carbocycles. The van der Waals surface area contributed by atoms with Gasteiger partial charge in [-0.05, 0) is 42.5 Å². The standard InChI is InChI=1S/C15H18N2O4S2/c1-9(12(18)17-15(16)20)21-13(19)10-3-5-11(6-4-10)14-22-7-2-8-23-14/h3-6,9,14H,2,7-8H2,1H3,(H3,16,17,18,20)/t9-/m0/s1. The van der Waals surface area contributed by atoms with Crippen molar-refractivity contribution in [3.8, 4) is 0 Å². The Morgan fingerprint density at radius 1 is 1.22 bits per heavy atom. The molecule has 1 aromatic rings. The molecule has 0 bridgehead atoms. The molecule has 23 heavy (non-hydrogen) atoms. The number of nitrogens with two attached hydrogens (primary N) is 1. The number of carbonyl (C=O) groups is 3. The lowest BCUT2D eigenvalue weighted by Gasteiger charge is -2.21. The number of nitrogens with one attached hydrogen (secondary N) is 1. The molecule has 3 N–H and O–H groups in total. The van der Waals surface area contributed by atoms with Crippen molar-refractivity contribution in [2.75, 3.05) is 11.5 Å². The number of hydrogen-bond donors (Lipinski definition) is 2. The van der Waals surface area contributed by atoms with Crippen LogP contribution >= 0.6 is 23.5 Å². The third-order valence-electron chi connectivity index (χ3n) is 3.15. The number of ether oxygens (including phenoxy) is 1. The van der Waals surface area contributed by atoms with Crippen LogP contribution in [0.1, 0.15) is 33.8 Å². The van der Waals surface area contributed by atoms with Crippen LogP contribution in [0.15, 0.2) is 24.3 Å². The smallest absolute Gasteiger partial charge is 0.338 e. The lowest BCUT2D eigenvalue weighted by Crippen LogP contribution is -2.42. The van der Waals surface area contributed by atoms with Gasteiger partial charge in [0, 0.05) is 0 Å². The fourth-order valence-corrected chi connectivity index (χ4v) is 4.86. The van der Waals surface area contributed by atoms with Gasteiger partial charge >= 0.3 is 12.0 Å². The second-order valence-corrected chi connectivity index (χ2v) is 7.67. The Hall–Kier alpha value is -1.67. The molecule has 1 atom stereocenters. The summed E-state index contributed by atoms with van der Waals surface area (Å²) >= 11 is 3.80. The summed E-state index contributed by atoms with van der Waals surface area (Å²) in [6.45, 7) is 1.37. The van der Waals surface area contributed by atoms with Crippen molar-refractivity contribution in [1.82, 2.24) is 5.32 Å². The number of hydrogen-bond acceptors (Lipinski definition) is 6. The van der Waals surface area contributed by atoms with Gasteiger partial charge in [-0.3, -0.25) is 10.1 Å². The Morgan fingerprint density at radius 2 is 1.83 bits per heavy atom. The van der Waals surface area contributed by atoms with Gasteiger partial charge in [-0.25, -0.2) is 9.59 Å². The molecule has 2 rings (SSSR count). The quantitative estimate of drug-likeness (QED) is 0.805. The highest BCUT2D eigenvalue weighted by Crippen LogP contribution is 2.43. The Labute approximate surface area is 142 Å². The van der Waals surface area contributed by atoms with Crippen LogP contribution in [0.3, 0.4) is 0 Å². The average molecular weight is 354 g/mol. The van der Waals surface area contributed by atoms with Gasteiger partial charge < -0.3 is 10.5 Å². The summed E-state index contributed by atoms with van der Waals surface area (Å²) < 4.78 is 5.41. The van der Waals surface area contributed by atoms with E-state index in [9.17, 15) is 14.4 Å². The van der Waals surface area contributed by atoms with Crippen LogP contribution in [0.5, 0.6) is 0 Å². The molecule has 8 heteroatoms. The topological polar surface area (TPSA) is 98.5 Å². The monoisotopic (exact) mass is 354 g/mol. The molecule has 0 radical (unpaired) electrons. The molecule has 0 spiro atoms. The van der Waals surface area contributed by atoms with Gasteiger partial charge in [0.15, 0.2) is 6.10 Å². The summed E-state index contributed by atoms with van der Waals surface area (Å²) in [5.74, 6) is 0.923. The van der Waals surface area contributed by atoms with E-state index in [0.717, 1.165) is 17.1 Å². The third-order valence-corrected chi connectivity index (χ3v) is 6.16. The van der Waals surface area contributed by atoms with Gasteiger partial charge in [-0.2, -0.15) is 0 Å². The predicted octanol–water partition coefficient (Wildman–Crippen LogP) is 2.30. The van der Waals surface area contributed by atoms with Crippen molar-refractivity contribution in [1.29, 1.82) is 0 Å². The van der Waals surface area contributed by atoms with E-state index in [1.54, 1.807) is 12.1 Å². The van der Waals surface area contributed by atoms with E-state index in [1.165, 1.54) is 13.3 Å². The number of esters is 1. The van der Waals surface area contributed by atoms with E-state index >= 15 is 0 Å². The fourth-order valence-electron chi connectivity index (χ4n) is 1.96. The van der Waals surface area contributed by atoms with E-state index in [0.29, 0.717) is 10.1 Å². The van der Waals surface area contributed by atoms with Gasteiger partial charge in [0.1, 0.15) is 0 Å². The first-order chi connectivity index (χ1) is 11.0. The number of urea groups is 1. The number of thioether (sulfide) groups is 2. The number of rotatable bonds is 4. The molecule has 1 aliphatic rings. The molecule has 1 saturated heterocycles. The van der Waals surface area contributed by atoms with Gasteiger partial charge in [0.25, 0.3) is 5.91 Å². The van der Waals surface area contributed by atoms with E-state index in [1.807, 2.05) is 41.0 Å². The molecule has 1 aromatic carbocycles. The first-order valence-corrected chi connectivity index (χ1v) is 9.21. The summed E-state index contributed by atoms with van der Waals surface area (Å²) in [5.41, 5.74) is 6.37. The second kappa shape index (κ2) is 8.26. The SMILES string of the molecule is C[C@H](OC(=O)c1ccc(C2SCCCS2)cc1)C(=O)NC(N)=O. The van der Waals surface area contributed by atoms with E-state index < -0.39 is 24.0 Å². The van der Waals surface area contributed by atoms with Crippen molar-refractivity contribution in [2.45, 2.75) is 24.0 Å². The summed E-state index contributed by atoms with van der Waals surface area (Å²) in [7, 11) is 0. The zero-order chi connectivity index (χ0) is 16.8. The number of imide groups is 1. The van der Waals surface area contributed by atoms with Crippen molar-refractivity contribution >= 4 is 41.4 Å². The zero-order valence-electron chi connectivity index (χ0n) is 12.6. The summed E-state index contributed by atoms with van der Waals surface area (Å²) in [6, 6.07) is 6.20. The first-order valence-electron chi connectivity index (χ1n) is 7.12. The highest BCUT2D eigenvalue weighted by atomic mass is 32.2. The first kappa shape index (κ1) is 17.7. The Bertz CT molecular complexity index is 586. The molecule has 6 nitrogen and oxygen atoms in total. The van der Waals surface area contributed by atoms with Crippen molar-refractivity contribution < 1.29 is 19.1 Å². The molecule has 124 valence electrons. The van der Waals surface area contributed by atoms with Gasteiger partial charge in [-0.15, -0.1) is 23.5 Å². The molecule has 1 aliphatic heterocycles. The Kier molecular flexibility index (Phi) is 6.35. The minimum Gasteiger partial charge on any atom is -0.449 e. The molecule has 0 aromatic heterocycles. The van der Waals surface area contributed by atoms with Crippen molar-refractivity contribution in [2.24, 2.45) is 5.73 Å². The average Bonchev–Trinajstić information content (AvgIpc) is 2.55. The number of amides is 3. The Balaban J connectivity index is 1.94. The molecule has 0 unspecified atom stereocenters. The lowest BCUT2D eigenvalue weighted by molar-refractivity contribution is -0.127. The molecule has 1 heterocycles. The minimum absolute atomic E-state index is 0.360. The number of benzene rings is 1. The molecule has 0 aliphatic carbocycles. The van der Waals surface area contributed by atoms with Crippen LogP contribution in [0.2, 0.25) is 0 Å². The molecule has 1 fully saturated rings. The van der Waals surface area contributed by atoms with Crippen molar-refractivity contribution in [3.05, 3.63) is 35.4 Å². The van der Waals surface area contributed by atoms with E-state index in [-0.39, 0.29) is 0 Å². The number of primary amides is 1. The largest absolute Gasteiger partial charge is 0.449 e. The number of carbonyl (C=O) groups excluding carboxylic acids is 3. The van der Waals surface area contributed by atoms with Crippen LogP contribution in [0.4, 0.5) is 4.79 Å². The van der Waals surface area contributed by atoms with Gasteiger partial charge in [-0.1, -0.05) is 12.1 Å². The van der Waals surface area contributed by atoms with Crippen LogP contribution in [-0.2, 0) is 9.53 Å². The molecule has 3 amide bonds.